The summed E-state index contributed by atoms with van der Waals surface area (Å²) in [6.45, 7) is 2.87. The summed E-state index contributed by atoms with van der Waals surface area (Å²) < 4.78 is 0. The van der Waals surface area contributed by atoms with Gasteiger partial charge in [0.1, 0.15) is 0 Å². The van der Waals surface area contributed by atoms with E-state index < -0.39 is 0 Å². The van der Waals surface area contributed by atoms with Crippen molar-refractivity contribution >= 4 is 16.8 Å². The summed E-state index contributed by atoms with van der Waals surface area (Å²) in [5.74, 6) is 0.0190. The predicted octanol–water partition coefficient (Wildman–Crippen LogP) is 3.85. The Morgan fingerprint density at radius 1 is 1.17 bits per heavy atom. The molecule has 116 valence electrons. The van der Waals surface area contributed by atoms with Gasteiger partial charge in [-0.2, -0.15) is 5.10 Å². The van der Waals surface area contributed by atoms with E-state index in [1.807, 2.05) is 29.2 Å². The van der Waals surface area contributed by atoms with Crippen molar-refractivity contribution in [1.29, 1.82) is 0 Å². The number of aromatic nitrogens is 2. The molecule has 1 atom stereocenters. The number of rotatable bonds is 2. The highest BCUT2D eigenvalue weighted by Crippen LogP contribution is 2.33. The lowest BCUT2D eigenvalue weighted by Crippen LogP contribution is -2.31. The van der Waals surface area contributed by atoms with Crippen LogP contribution in [0.4, 0.5) is 0 Å². The summed E-state index contributed by atoms with van der Waals surface area (Å²) >= 11 is 0. The molecular formula is C19H19N3O. The molecule has 0 spiro atoms. The molecule has 0 radical (unpaired) electrons. The molecule has 2 heterocycles. The summed E-state index contributed by atoms with van der Waals surface area (Å²) in [6, 6.07) is 16.4. The first-order valence-corrected chi connectivity index (χ1v) is 8.05. The number of nitrogens with one attached hydrogen (secondary N) is 1. The van der Waals surface area contributed by atoms with Crippen LogP contribution in [0.5, 0.6) is 0 Å². The molecule has 0 aliphatic carbocycles. The minimum Gasteiger partial charge on any atom is -0.330 e. The standard InChI is InChI=1S/C19H19N3O/c1-13-8-10-14(11-9-13)17-7-4-12-22(17)19(23)18-15-5-2-3-6-16(15)20-21-18/h2-3,5-6,8-11,17H,4,7,12H2,1H3,(H,20,21). The van der Waals surface area contributed by atoms with E-state index in [0.717, 1.165) is 30.3 Å². The van der Waals surface area contributed by atoms with E-state index in [2.05, 4.69) is 41.4 Å². The van der Waals surface area contributed by atoms with Gasteiger partial charge in [-0.1, -0.05) is 48.0 Å². The Morgan fingerprint density at radius 3 is 2.78 bits per heavy atom. The third-order valence-electron chi connectivity index (χ3n) is 4.65. The number of para-hydroxylation sites is 1. The zero-order chi connectivity index (χ0) is 15.8. The molecule has 4 nitrogen and oxygen atoms in total. The van der Waals surface area contributed by atoms with Crippen molar-refractivity contribution in [3.63, 3.8) is 0 Å². The number of nitrogens with zero attached hydrogens (tertiary/aromatic N) is 2. The molecule has 1 aliphatic heterocycles. The topological polar surface area (TPSA) is 49.0 Å². The van der Waals surface area contributed by atoms with Crippen molar-refractivity contribution in [3.05, 3.63) is 65.4 Å². The minimum atomic E-state index is 0.0190. The van der Waals surface area contributed by atoms with Crippen LogP contribution in [0.25, 0.3) is 10.9 Å². The van der Waals surface area contributed by atoms with Crippen LogP contribution in [0.3, 0.4) is 0 Å². The maximum absolute atomic E-state index is 13.0. The number of amides is 1. The quantitative estimate of drug-likeness (QED) is 0.782. The van der Waals surface area contributed by atoms with Crippen molar-refractivity contribution in [1.82, 2.24) is 15.1 Å². The van der Waals surface area contributed by atoms with Gasteiger partial charge in [0.2, 0.25) is 0 Å². The van der Waals surface area contributed by atoms with E-state index in [9.17, 15) is 4.79 Å². The fraction of sp³-hybridized carbons (Fsp3) is 0.263. The lowest BCUT2D eigenvalue weighted by Gasteiger charge is -2.24. The highest BCUT2D eigenvalue weighted by atomic mass is 16.2. The number of H-pyrrole nitrogens is 1. The second-order valence-corrected chi connectivity index (χ2v) is 6.19. The van der Waals surface area contributed by atoms with Gasteiger partial charge in [-0.3, -0.25) is 9.89 Å². The molecular weight excluding hydrogens is 286 g/mol. The first-order chi connectivity index (χ1) is 11.2. The maximum atomic E-state index is 13.0. The Kier molecular flexibility index (Phi) is 3.37. The molecule has 1 aromatic heterocycles. The number of carbonyl (C=O) groups is 1. The lowest BCUT2D eigenvalue weighted by atomic mass is 10.0. The second kappa shape index (κ2) is 5.54. The van der Waals surface area contributed by atoms with Gasteiger partial charge in [0.05, 0.1) is 11.6 Å². The number of fused-ring (bicyclic) bond motifs is 1. The lowest BCUT2D eigenvalue weighted by molar-refractivity contribution is 0.0731. The van der Waals surface area contributed by atoms with E-state index in [1.54, 1.807) is 0 Å². The smallest absolute Gasteiger partial charge is 0.275 e. The third kappa shape index (κ3) is 2.40. The molecule has 1 aliphatic rings. The number of benzene rings is 2. The van der Waals surface area contributed by atoms with Gasteiger partial charge < -0.3 is 4.90 Å². The molecule has 1 amide bonds. The fourth-order valence-electron chi connectivity index (χ4n) is 3.41. The van der Waals surface area contributed by atoms with Gasteiger partial charge in [0.15, 0.2) is 5.69 Å². The average molecular weight is 305 g/mol. The number of hydrogen-bond donors (Lipinski definition) is 1. The molecule has 1 unspecified atom stereocenters. The molecule has 23 heavy (non-hydrogen) atoms. The van der Waals surface area contributed by atoms with Crippen LogP contribution in [0, 0.1) is 6.92 Å². The van der Waals surface area contributed by atoms with Crippen molar-refractivity contribution in [3.8, 4) is 0 Å². The minimum absolute atomic E-state index is 0.0190. The third-order valence-corrected chi connectivity index (χ3v) is 4.65. The van der Waals surface area contributed by atoms with Gasteiger partial charge in [-0.05, 0) is 31.4 Å². The summed E-state index contributed by atoms with van der Waals surface area (Å²) in [4.78, 5) is 15.0. The van der Waals surface area contributed by atoms with Crippen LogP contribution in [-0.4, -0.2) is 27.5 Å². The predicted molar refractivity (Wildman–Crippen MR) is 90.3 cm³/mol. The van der Waals surface area contributed by atoms with Crippen molar-refractivity contribution < 1.29 is 4.79 Å². The molecule has 1 N–H and O–H groups in total. The van der Waals surface area contributed by atoms with E-state index in [4.69, 9.17) is 0 Å². The maximum Gasteiger partial charge on any atom is 0.275 e. The van der Waals surface area contributed by atoms with E-state index in [-0.39, 0.29) is 11.9 Å². The van der Waals surface area contributed by atoms with Gasteiger partial charge in [-0.25, -0.2) is 0 Å². The van der Waals surface area contributed by atoms with Crippen molar-refractivity contribution in [2.24, 2.45) is 0 Å². The van der Waals surface area contributed by atoms with Crippen LogP contribution >= 0.6 is 0 Å². The van der Waals surface area contributed by atoms with E-state index in [1.165, 1.54) is 11.1 Å². The zero-order valence-corrected chi connectivity index (χ0v) is 13.1. The Balaban J connectivity index is 1.68. The highest BCUT2D eigenvalue weighted by Gasteiger charge is 2.32. The summed E-state index contributed by atoms with van der Waals surface area (Å²) in [5.41, 5.74) is 3.88. The second-order valence-electron chi connectivity index (χ2n) is 6.19. The Morgan fingerprint density at radius 2 is 1.96 bits per heavy atom. The number of carbonyl (C=O) groups excluding carboxylic acids is 1. The molecule has 3 aromatic rings. The molecule has 0 saturated carbocycles. The number of likely N-dealkylation sites (tertiary alicyclic amines) is 1. The van der Waals surface area contributed by atoms with Crippen LogP contribution < -0.4 is 0 Å². The first kappa shape index (κ1) is 14.0. The Labute approximate surface area is 135 Å². The van der Waals surface area contributed by atoms with Crippen LogP contribution in [0.1, 0.15) is 40.5 Å². The van der Waals surface area contributed by atoms with Gasteiger partial charge in [0, 0.05) is 11.9 Å². The normalized spacial score (nSPS) is 17.8. The number of hydrogen-bond acceptors (Lipinski definition) is 2. The first-order valence-electron chi connectivity index (χ1n) is 8.05. The van der Waals surface area contributed by atoms with Crippen LogP contribution in [0.15, 0.2) is 48.5 Å². The van der Waals surface area contributed by atoms with Gasteiger partial charge in [-0.15, -0.1) is 0 Å². The molecule has 1 fully saturated rings. The van der Waals surface area contributed by atoms with E-state index in [0.29, 0.717) is 5.69 Å². The molecule has 4 rings (SSSR count). The zero-order valence-electron chi connectivity index (χ0n) is 13.1. The highest BCUT2D eigenvalue weighted by molar-refractivity contribution is 6.04. The van der Waals surface area contributed by atoms with E-state index >= 15 is 0 Å². The average Bonchev–Trinajstić information content (AvgIpc) is 3.22. The van der Waals surface area contributed by atoms with Crippen molar-refractivity contribution in [2.75, 3.05) is 6.54 Å². The molecule has 1 saturated heterocycles. The molecule has 4 heteroatoms. The van der Waals surface area contributed by atoms with Crippen LogP contribution in [0.2, 0.25) is 0 Å². The van der Waals surface area contributed by atoms with Gasteiger partial charge in [0.25, 0.3) is 5.91 Å². The summed E-state index contributed by atoms with van der Waals surface area (Å²) in [6.07, 6.45) is 2.05. The number of aryl methyl sites for hydroxylation is 1. The number of aromatic amines is 1. The largest absolute Gasteiger partial charge is 0.330 e. The van der Waals surface area contributed by atoms with Gasteiger partial charge >= 0.3 is 0 Å². The Hall–Kier alpha value is -2.62. The fourth-order valence-corrected chi connectivity index (χ4v) is 3.41. The molecule has 0 bridgehead atoms. The van der Waals surface area contributed by atoms with Crippen molar-refractivity contribution in [2.45, 2.75) is 25.8 Å². The molecule has 2 aromatic carbocycles. The van der Waals surface area contributed by atoms with Crippen LogP contribution in [-0.2, 0) is 0 Å². The SMILES string of the molecule is Cc1ccc(C2CCCN2C(=O)c2n[nH]c3ccccc23)cc1. The summed E-state index contributed by atoms with van der Waals surface area (Å²) in [5, 5.41) is 8.12. The summed E-state index contributed by atoms with van der Waals surface area (Å²) in [7, 11) is 0. The monoisotopic (exact) mass is 305 g/mol. The Bertz CT molecular complexity index is 850.